The predicted octanol–water partition coefficient (Wildman–Crippen LogP) is 2.57. The zero-order chi connectivity index (χ0) is 14.0. The summed E-state index contributed by atoms with van der Waals surface area (Å²) in [6.45, 7) is 2.37. The predicted molar refractivity (Wildman–Crippen MR) is 65.2 cm³/mol. The highest BCUT2D eigenvalue weighted by atomic mass is 19.2. The van der Waals surface area contributed by atoms with E-state index in [0.717, 1.165) is 18.9 Å². The molecular weight excluding hydrogens is 257 g/mol. The van der Waals surface area contributed by atoms with Crippen LogP contribution in [0.2, 0.25) is 0 Å². The van der Waals surface area contributed by atoms with Crippen LogP contribution in [0, 0.1) is 17.5 Å². The molecular formula is C13H15F3N2O. The van der Waals surface area contributed by atoms with Crippen LogP contribution in [0.15, 0.2) is 12.1 Å². The second-order valence-corrected chi connectivity index (χ2v) is 4.92. The minimum atomic E-state index is -1.32. The lowest BCUT2D eigenvalue weighted by molar-refractivity contribution is -0.122. The van der Waals surface area contributed by atoms with E-state index in [1.54, 1.807) is 6.92 Å². The second kappa shape index (κ2) is 5.21. The zero-order valence-electron chi connectivity index (χ0n) is 10.5. The molecule has 1 atom stereocenters. The number of hydrogen-bond donors (Lipinski definition) is 2. The molecule has 0 spiro atoms. The van der Waals surface area contributed by atoms with E-state index in [2.05, 4.69) is 10.6 Å². The molecule has 0 bridgehead atoms. The lowest BCUT2D eigenvalue weighted by atomic mass is 9.90. The highest BCUT2D eigenvalue weighted by molar-refractivity contribution is 5.98. The fourth-order valence-electron chi connectivity index (χ4n) is 2.16. The van der Waals surface area contributed by atoms with E-state index in [9.17, 15) is 18.0 Å². The van der Waals surface area contributed by atoms with E-state index >= 15 is 0 Å². The third-order valence-corrected chi connectivity index (χ3v) is 3.36. The molecule has 1 aliphatic rings. The summed E-state index contributed by atoms with van der Waals surface area (Å²) in [5, 5.41) is 5.29. The van der Waals surface area contributed by atoms with Crippen LogP contribution in [-0.2, 0) is 4.79 Å². The summed E-state index contributed by atoms with van der Waals surface area (Å²) in [4.78, 5) is 12.1. The number of carbonyl (C=O) groups is 1. The van der Waals surface area contributed by atoms with Gasteiger partial charge in [-0.3, -0.25) is 4.79 Å². The van der Waals surface area contributed by atoms with Crippen molar-refractivity contribution in [3.05, 3.63) is 29.6 Å². The Labute approximate surface area is 109 Å². The Morgan fingerprint density at radius 3 is 2.68 bits per heavy atom. The molecule has 0 aliphatic carbocycles. The average Bonchev–Trinajstić information content (AvgIpc) is 2.36. The number of nitrogens with one attached hydrogen (secondary N) is 2. The Balaban J connectivity index is 2.19. The maximum absolute atomic E-state index is 13.5. The molecule has 0 saturated carbocycles. The molecule has 0 radical (unpaired) electrons. The van der Waals surface area contributed by atoms with Gasteiger partial charge in [0.05, 0.1) is 11.2 Å². The van der Waals surface area contributed by atoms with E-state index in [1.807, 2.05) is 0 Å². The van der Waals surface area contributed by atoms with Crippen LogP contribution >= 0.6 is 0 Å². The van der Waals surface area contributed by atoms with E-state index in [0.29, 0.717) is 19.0 Å². The van der Waals surface area contributed by atoms with Crippen molar-refractivity contribution < 1.29 is 18.0 Å². The topological polar surface area (TPSA) is 41.1 Å². The van der Waals surface area contributed by atoms with Gasteiger partial charge in [-0.1, -0.05) is 0 Å². The molecule has 1 unspecified atom stereocenters. The van der Waals surface area contributed by atoms with Crippen molar-refractivity contribution in [1.29, 1.82) is 0 Å². The maximum Gasteiger partial charge on any atom is 0.244 e. The molecule has 2 N–H and O–H groups in total. The number of benzene rings is 1. The Hall–Kier alpha value is -1.56. The zero-order valence-corrected chi connectivity index (χ0v) is 10.5. The number of halogens is 3. The fourth-order valence-corrected chi connectivity index (χ4v) is 2.16. The standard InChI is InChI=1S/C13H15F3N2O/c1-13(4-2-3-5-17-13)12(19)18-10-7-8(14)6-9(15)11(10)16/h6-7,17H,2-5H2,1H3,(H,18,19). The van der Waals surface area contributed by atoms with Crippen LogP contribution in [0.1, 0.15) is 26.2 Å². The van der Waals surface area contributed by atoms with Gasteiger partial charge in [0.2, 0.25) is 5.91 Å². The van der Waals surface area contributed by atoms with Gasteiger partial charge in [-0.05, 0) is 32.7 Å². The van der Waals surface area contributed by atoms with Crippen LogP contribution in [0.4, 0.5) is 18.9 Å². The first-order valence-corrected chi connectivity index (χ1v) is 6.13. The molecule has 3 nitrogen and oxygen atoms in total. The van der Waals surface area contributed by atoms with Gasteiger partial charge in [0.25, 0.3) is 0 Å². The Kier molecular flexibility index (Phi) is 3.80. The smallest absolute Gasteiger partial charge is 0.244 e. The summed E-state index contributed by atoms with van der Waals surface area (Å²) in [5.74, 6) is -4.00. The molecule has 0 aromatic heterocycles. The highest BCUT2D eigenvalue weighted by Gasteiger charge is 2.34. The molecule has 1 heterocycles. The average molecular weight is 272 g/mol. The third-order valence-electron chi connectivity index (χ3n) is 3.36. The Bertz CT molecular complexity index is 499. The van der Waals surface area contributed by atoms with E-state index < -0.39 is 34.6 Å². The van der Waals surface area contributed by atoms with E-state index in [4.69, 9.17) is 0 Å². The number of carbonyl (C=O) groups excluding carboxylic acids is 1. The summed E-state index contributed by atoms with van der Waals surface area (Å²) < 4.78 is 39.5. The second-order valence-electron chi connectivity index (χ2n) is 4.92. The monoisotopic (exact) mass is 272 g/mol. The number of amides is 1. The van der Waals surface area contributed by atoms with Crippen molar-refractivity contribution in [3.63, 3.8) is 0 Å². The van der Waals surface area contributed by atoms with Gasteiger partial charge < -0.3 is 10.6 Å². The van der Waals surface area contributed by atoms with Gasteiger partial charge in [-0.15, -0.1) is 0 Å². The first kappa shape index (κ1) is 13.9. The van der Waals surface area contributed by atoms with Crippen molar-refractivity contribution in [1.82, 2.24) is 5.32 Å². The quantitative estimate of drug-likeness (QED) is 0.812. The van der Waals surface area contributed by atoms with Crippen LogP contribution in [0.5, 0.6) is 0 Å². The Morgan fingerprint density at radius 2 is 2.05 bits per heavy atom. The molecule has 6 heteroatoms. The van der Waals surface area contributed by atoms with Gasteiger partial charge in [0.15, 0.2) is 11.6 Å². The van der Waals surface area contributed by atoms with Gasteiger partial charge in [0.1, 0.15) is 5.82 Å². The SMILES string of the molecule is CC1(C(=O)Nc2cc(F)cc(F)c2F)CCCCN1. The number of rotatable bonds is 2. The number of hydrogen-bond acceptors (Lipinski definition) is 2. The summed E-state index contributed by atoms with van der Waals surface area (Å²) in [6, 6.07) is 1.20. The highest BCUT2D eigenvalue weighted by Crippen LogP contribution is 2.23. The first-order chi connectivity index (χ1) is 8.92. The largest absolute Gasteiger partial charge is 0.322 e. The van der Waals surface area contributed by atoms with Crippen molar-refractivity contribution in [3.8, 4) is 0 Å². The summed E-state index contributed by atoms with van der Waals surface area (Å²) in [5.41, 5.74) is -1.32. The van der Waals surface area contributed by atoms with Crippen molar-refractivity contribution in [2.24, 2.45) is 0 Å². The minimum absolute atomic E-state index is 0.436. The molecule has 2 rings (SSSR count). The van der Waals surface area contributed by atoms with E-state index in [-0.39, 0.29) is 0 Å². The molecule has 1 fully saturated rings. The third kappa shape index (κ3) is 2.89. The lowest BCUT2D eigenvalue weighted by Gasteiger charge is -2.33. The summed E-state index contributed by atoms with van der Waals surface area (Å²) in [6.07, 6.45) is 2.43. The van der Waals surface area contributed by atoms with Gasteiger partial charge in [0, 0.05) is 12.1 Å². The maximum atomic E-state index is 13.5. The molecule has 1 amide bonds. The first-order valence-electron chi connectivity index (χ1n) is 6.13. The van der Waals surface area contributed by atoms with Crippen molar-refractivity contribution in [2.75, 3.05) is 11.9 Å². The molecule has 1 aliphatic heterocycles. The molecule has 1 saturated heterocycles. The lowest BCUT2D eigenvalue weighted by Crippen LogP contribution is -2.54. The van der Waals surface area contributed by atoms with Gasteiger partial charge in [-0.2, -0.15) is 0 Å². The normalized spacial score (nSPS) is 23.2. The van der Waals surface area contributed by atoms with Crippen LogP contribution in [0.25, 0.3) is 0 Å². The molecule has 1 aromatic rings. The fraction of sp³-hybridized carbons (Fsp3) is 0.462. The Morgan fingerprint density at radius 1 is 1.32 bits per heavy atom. The molecule has 19 heavy (non-hydrogen) atoms. The van der Waals surface area contributed by atoms with Gasteiger partial charge >= 0.3 is 0 Å². The minimum Gasteiger partial charge on any atom is -0.322 e. The van der Waals surface area contributed by atoms with Crippen molar-refractivity contribution in [2.45, 2.75) is 31.7 Å². The van der Waals surface area contributed by atoms with Crippen LogP contribution < -0.4 is 10.6 Å². The number of anilines is 1. The van der Waals surface area contributed by atoms with E-state index in [1.165, 1.54) is 0 Å². The van der Waals surface area contributed by atoms with Crippen LogP contribution in [-0.4, -0.2) is 18.0 Å². The van der Waals surface area contributed by atoms with Crippen molar-refractivity contribution >= 4 is 11.6 Å². The number of piperidine rings is 1. The molecule has 1 aromatic carbocycles. The molecule has 104 valence electrons. The van der Waals surface area contributed by atoms with Gasteiger partial charge in [-0.25, -0.2) is 13.2 Å². The van der Waals surface area contributed by atoms with Crippen LogP contribution in [0.3, 0.4) is 0 Å². The summed E-state index contributed by atoms with van der Waals surface area (Å²) in [7, 11) is 0. The summed E-state index contributed by atoms with van der Waals surface area (Å²) >= 11 is 0.